The fraction of sp³-hybridized carbons (Fsp3) is 0.0667. The van der Waals surface area contributed by atoms with E-state index in [0.717, 1.165) is 16.1 Å². The van der Waals surface area contributed by atoms with Crippen molar-refractivity contribution in [1.29, 1.82) is 0 Å². The minimum Gasteiger partial charge on any atom is -0.398 e. The summed E-state index contributed by atoms with van der Waals surface area (Å²) in [5.74, 6) is 6.89. The normalized spacial score (nSPS) is 9.61. The molecule has 90 valence electrons. The van der Waals surface area contributed by atoms with Crippen molar-refractivity contribution in [1.82, 2.24) is 0 Å². The third-order valence-electron chi connectivity index (χ3n) is 2.28. The highest BCUT2D eigenvalue weighted by atomic mass is 35.5. The minimum absolute atomic E-state index is 0.709. The number of nitrogen functional groups attached to an aromatic ring is 1. The zero-order valence-electron chi connectivity index (χ0n) is 9.69. The van der Waals surface area contributed by atoms with Gasteiger partial charge in [-0.15, -0.1) is 11.8 Å². The van der Waals surface area contributed by atoms with Crippen molar-refractivity contribution in [3.05, 3.63) is 59.1 Å². The summed E-state index contributed by atoms with van der Waals surface area (Å²) in [5.41, 5.74) is 7.58. The number of thioether (sulfide) groups is 1. The smallest absolute Gasteiger partial charge is 0.0599 e. The first-order valence-electron chi connectivity index (χ1n) is 5.47. The van der Waals surface area contributed by atoms with Gasteiger partial charge in [0.25, 0.3) is 0 Å². The van der Waals surface area contributed by atoms with Crippen LogP contribution in [-0.4, -0.2) is 5.75 Å². The quantitative estimate of drug-likeness (QED) is 0.507. The van der Waals surface area contributed by atoms with Crippen molar-refractivity contribution in [2.45, 2.75) is 4.90 Å². The lowest BCUT2D eigenvalue weighted by Crippen LogP contribution is -1.87. The lowest BCUT2D eigenvalue weighted by atomic mass is 10.2. The fourth-order valence-corrected chi connectivity index (χ4v) is 2.33. The van der Waals surface area contributed by atoms with Crippen molar-refractivity contribution in [2.24, 2.45) is 0 Å². The minimum atomic E-state index is 0.709. The van der Waals surface area contributed by atoms with E-state index in [0.29, 0.717) is 10.8 Å². The van der Waals surface area contributed by atoms with Crippen molar-refractivity contribution in [2.75, 3.05) is 11.5 Å². The summed E-state index contributed by atoms with van der Waals surface area (Å²) < 4.78 is 0. The molecule has 0 aromatic heterocycles. The van der Waals surface area contributed by atoms with Crippen molar-refractivity contribution >= 4 is 29.1 Å². The average Bonchev–Trinajstić information content (AvgIpc) is 2.37. The molecule has 0 bridgehead atoms. The Hall–Kier alpha value is -1.56. The summed E-state index contributed by atoms with van der Waals surface area (Å²) in [7, 11) is 0. The van der Waals surface area contributed by atoms with Gasteiger partial charge in [0, 0.05) is 21.2 Å². The molecule has 2 N–H and O–H groups in total. The van der Waals surface area contributed by atoms with E-state index in [1.165, 1.54) is 0 Å². The van der Waals surface area contributed by atoms with E-state index in [4.69, 9.17) is 17.3 Å². The molecule has 0 unspecified atom stereocenters. The average molecular weight is 274 g/mol. The predicted molar refractivity (Wildman–Crippen MR) is 79.9 cm³/mol. The molecule has 2 aromatic carbocycles. The van der Waals surface area contributed by atoms with Crippen LogP contribution in [0.3, 0.4) is 0 Å². The summed E-state index contributed by atoms with van der Waals surface area (Å²) in [6.45, 7) is 0. The number of halogens is 1. The van der Waals surface area contributed by atoms with Gasteiger partial charge < -0.3 is 5.73 Å². The number of rotatable bonds is 2. The third kappa shape index (κ3) is 3.73. The van der Waals surface area contributed by atoms with Gasteiger partial charge in [-0.3, -0.25) is 0 Å². The van der Waals surface area contributed by atoms with Crippen LogP contribution in [0.5, 0.6) is 0 Å². The van der Waals surface area contributed by atoms with Crippen LogP contribution in [-0.2, 0) is 0 Å². The second-order valence-corrected chi connectivity index (χ2v) is 5.09. The number of anilines is 1. The molecular formula is C15H12ClNS. The van der Waals surface area contributed by atoms with Crippen LogP contribution >= 0.6 is 23.4 Å². The van der Waals surface area contributed by atoms with Crippen LogP contribution < -0.4 is 5.73 Å². The van der Waals surface area contributed by atoms with Crippen LogP contribution in [0.25, 0.3) is 0 Å². The molecule has 0 fully saturated rings. The van der Waals surface area contributed by atoms with E-state index in [2.05, 4.69) is 11.8 Å². The largest absolute Gasteiger partial charge is 0.398 e. The van der Waals surface area contributed by atoms with Crippen LogP contribution in [0.15, 0.2) is 53.4 Å². The first-order valence-corrected chi connectivity index (χ1v) is 6.84. The third-order valence-corrected chi connectivity index (χ3v) is 3.48. The summed E-state index contributed by atoms with van der Waals surface area (Å²) in [6.07, 6.45) is 0. The Kier molecular flexibility index (Phi) is 4.58. The van der Waals surface area contributed by atoms with Gasteiger partial charge in [0.05, 0.1) is 5.75 Å². The molecule has 2 rings (SSSR count). The molecular weight excluding hydrogens is 262 g/mol. The topological polar surface area (TPSA) is 26.0 Å². The van der Waals surface area contributed by atoms with Crippen molar-refractivity contribution in [3.8, 4) is 11.8 Å². The molecule has 0 aliphatic rings. The van der Waals surface area contributed by atoms with Gasteiger partial charge >= 0.3 is 0 Å². The monoisotopic (exact) mass is 273 g/mol. The Balaban J connectivity index is 1.96. The molecule has 0 spiro atoms. The van der Waals surface area contributed by atoms with Gasteiger partial charge in [-0.25, -0.2) is 0 Å². The van der Waals surface area contributed by atoms with E-state index >= 15 is 0 Å². The molecule has 3 heteroatoms. The maximum atomic E-state index is 5.88. The van der Waals surface area contributed by atoms with E-state index < -0.39 is 0 Å². The van der Waals surface area contributed by atoms with Gasteiger partial charge in [-0.2, -0.15) is 0 Å². The first-order chi connectivity index (χ1) is 8.75. The highest BCUT2D eigenvalue weighted by molar-refractivity contribution is 7.99. The molecule has 0 radical (unpaired) electrons. The second-order valence-electron chi connectivity index (χ2n) is 3.64. The van der Waals surface area contributed by atoms with Crippen LogP contribution in [0.4, 0.5) is 5.69 Å². The van der Waals surface area contributed by atoms with E-state index in [-0.39, 0.29) is 0 Å². The molecule has 0 saturated heterocycles. The van der Waals surface area contributed by atoms with E-state index in [1.807, 2.05) is 48.5 Å². The Morgan fingerprint density at radius 1 is 1.11 bits per heavy atom. The maximum absolute atomic E-state index is 5.88. The Bertz CT molecular complexity index is 599. The van der Waals surface area contributed by atoms with Gasteiger partial charge in [-0.05, 0) is 30.3 Å². The molecule has 0 saturated carbocycles. The summed E-state index contributed by atoms with van der Waals surface area (Å²) in [4.78, 5) is 1.07. The molecule has 2 aromatic rings. The standard InChI is InChI=1S/C15H12ClNS/c16-13-7-3-5-12(11-13)6-4-10-18-15-9-2-1-8-14(15)17/h1-3,5,7-9,11H,10,17H2. The van der Waals surface area contributed by atoms with Gasteiger partial charge in [0.15, 0.2) is 0 Å². The molecule has 18 heavy (non-hydrogen) atoms. The highest BCUT2D eigenvalue weighted by Crippen LogP contribution is 2.23. The number of nitrogens with two attached hydrogens (primary N) is 1. The van der Waals surface area contributed by atoms with Crippen LogP contribution in [0.2, 0.25) is 5.02 Å². The number of para-hydroxylation sites is 1. The number of hydrogen-bond donors (Lipinski definition) is 1. The highest BCUT2D eigenvalue weighted by Gasteiger charge is 1.95. The van der Waals surface area contributed by atoms with E-state index in [1.54, 1.807) is 11.8 Å². The second kappa shape index (κ2) is 6.39. The Morgan fingerprint density at radius 3 is 2.72 bits per heavy atom. The molecule has 0 aliphatic carbocycles. The molecule has 0 aliphatic heterocycles. The summed E-state index contributed by atoms with van der Waals surface area (Å²) >= 11 is 7.52. The molecule has 0 atom stereocenters. The van der Waals surface area contributed by atoms with Crippen molar-refractivity contribution < 1.29 is 0 Å². The Labute approximate surface area is 116 Å². The maximum Gasteiger partial charge on any atom is 0.0599 e. The summed E-state index contributed by atoms with van der Waals surface area (Å²) in [6, 6.07) is 15.3. The fourth-order valence-electron chi connectivity index (χ4n) is 1.43. The molecule has 1 nitrogen and oxygen atoms in total. The first kappa shape index (κ1) is 12.9. The van der Waals surface area contributed by atoms with E-state index in [9.17, 15) is 0 Å². The zero-order chi connectivity index (χ0) is 12.8. The predicted octanol–water partition coefficient (Wildman–Crippen LogP) is 4.07. The molecule has 0 heterocycles. The van der Waals surface area contributed by atoms with Crippen LogP contribution in [0, 0.1) is 11.8 Å². The molecule has 0 amide bonds. The lowest BCUT2D eigenvalue weighted by molar-refractivity contribution is 1.46. The SMILES string of the molecule is Nc1ccccc1SCC#Cc1cccc(Cl)c1. The number of benzene rings is 2. The van der Waals surface area contributed by atoms with Gasteiger partial charge in [0.2, 0.25) is 0 Å². The Morgan fingerprint density at radius 2 is 1.94 bits per heavy atom. The number of hydrogen-bond acceptors (Lipinski definition) is 2. The van der Waals surface area contributed by atoms with Crippen LogP contribution in [0.1, 0.15) is 5.56 Å². The zero-order valence-corrected chi connectivity index (χ0v) is 11.3. The summed E-state index contributed by atoms with van der Waals surface area (Å²) in [5, 5.41) is 0.710. The van der Waals surface area contributed by atoms with Crippen molar-refractivity contribution in [3.63, 3.8) is 0 Å². The lowest BCUT2D eigenvalue weighted by Gasteiger charge is -2.00. The van der Waals surface area contributed by atoms with Gasteiger partial charge in [-0.1, -0.05) is 41.6 Å². The van der Waals surface area contributed by atoms with Gasteiger partial charge in [0.1, 0.15) is 0 Å².